The average molecular weight is 646 g/mol. The van der Waals surface area contributed by atoms with Crippen LogP contribution in [0.25, 0.3) is 0 Å². The quantitative estimate of drug-likeness (QED) is 0.316. The van der Waals surface area contributed by atoms with E-state index in [2.05, 4.69) is 39.6 Å². The van der Waals surface area contributed by atoms with Crippen LogP contribution in [0.15, 0.2) is 0 Å². The van der Waals surface area contributed by atoms with Crippen LogP contribution >= 0.6 is 0 Å². The van der Waals surface area contributed by atoms with Gasteiger partial charge in [-0.05, 0) is 131 Å². The molecule has 0 aromatic rings. The number of ether oxygens (including phenoxy) is 4. The number of hydrogen-bond acceptors (Lipinski definition) is 7. The van der Waals surface area contributed by atoms with Gasteiger partial charge in [0.05, 0.1) is 24.4 Å². The van der Waals surface area contributed by atoms with Gasteiger partial charge in [-0.25, -0.2) is 4.79 Å². The van der Waals surface area contributed by atoms with Crippen LogP contribution in [0.3, 0.4) is 0 Å². The van der Waals surface area contributed by atoms with Crippen LogP contribution in [0.4, 0.5) is 0 Å². The number of carbonyl (C=O) groups is 1. The lowest BCUT2D eigenvalue weighted by atomic mass is 9.46. The summed E-state index contributed by atoms with van der Waals surface area (Å²) in [5.74, 6) is 3.25. The monoisotopic (exact) mass is 645 g/mol. The Morgan fingerprint density at radius 2 is 1.72 bits per heavy atom. The van der Waals surface area contributed by atoms with E-state index in [0.717, 1.165) is 31.2 Å². The molecule has 2 saturated heterocycles. The molecule has 12 unspecified atom stereocenters. The molecule has 7 nitrogen and oxygen atoms in total. The van der Waals surface area contributed by atoms with Gasteiger partial charge < -0.3 is 29.0 Å². The van der Waals surface area contributed by atoms with Gasteiger partial charge in [-0.1, -0.05) is 41.5 Å². The molecule has 0 aromatic heterocycles. The molecular weight excluding hydrogens is 578 g/mol. The van der Waals surface area contributed by atoms with Gasteiger partial charge in [-0.3, -0.25) is 0 Å². The van der Waals surface area contributed by atoms with E-state index < -0.39 is 11.7 Å². The summed E-state index contributed by atoms with van der Waals surface area (Å²) in [6.45, 7) is 22.5. The smallest absolute Gasteiger partial charge is 0.336 e. The molecule has 7 heteroatoms. The molecule has 2 aliphatic heterocycles. The summed E-state index contributed by atoms with van der Waals surface area (Å²) in [5, 5.41) is 10.9. The summed E-state index contributed by atoms with van der Waals surface area (Å²) in [6, 6.07) is 0. The summed E-state index contributed by atoms with van der Waals surface area (Å²) in [4.78, 5) is 15.4. The van der Waals surface area contributed by atoms with E-state index >= 15 is 0 Å². The Kier molecular flexibility index (Phi) is 9.35. The SMILES string of the molecule is CC.CCOC(C1CCC2C(CC3C4CCC5C(C)(C)C(OC(=O)C6CN(C)CCO6)CCC56[C@@H](C)C46CCC23C)O1)C(C)(C)O. The highest BCUT2D eigenvalue weighted by Gasteiger charge is 2.85. The molecule has 0 bridgehead atoms. The van der Waals surface area contributed by atoms with E-state index in [9.17, 15) is 9.90 Å². The number of nitrogens with zero attached hydrogens (tertiary/aromatic N) is 1. The first-order valence-corrected chi connectivity index (χ1v) is 19.2. The predicted octanol–water partition coefficient (Wildman–Crippen LogP) is 6.88. The van der Waals surface area contributed by atoms with Crippen molar-refractivity contribution < 1.29 is 28.8 Å². The van der Waals surface area contributed by atoms with Gasteiger partial charge in [0.1, 0.15) is 12.2 Å². The van der Waals surface area contributed by atoms with Crippen LogP contribution in [0.2, 0.25) is 0 Å². The maximum atomic E-state index is 13.3. The lowest BCUT2D eigenvalue weighted by Gasteiger charge is -2.59. The lowest BCUT2D eigenvalue weighted by molar-refractivity contribution is -0.194. The first kappa shape index (κ1) is 35.1. The molecule has 1 N–H and O–H groups in total. The number of hydrogen-bond donors (Lipinski definition) is 1. The summed E-state index contributed by atoms with van der Waals surface area (Å²) in [6.07, 6.45) is 10.2. The third kappa shape index (κ3) is 5.01. The zero-order valence-corrected chi connectivity index (χ0v) is 30.9. The fourth-order valence-corrected chi connectivity index (χ4v) is 13.5. The van der Waals surface area contributed by atoms with Gasteiger partial charge in [0.2, 0.25) is 0 Å². The van der Waals surface area contributed by atoms with Crippen molar-refractivity contribution in [3.63, 3.8) is 0 Å². The van der Waals surface area contributed by atoms with E-state index in [4.69, 9.17) is 18.9 Å². The van der Waals surface area contributed by atoms with Crippen LogP contribution in [0.5, 0.6) is 0 Å². The van der Waals surface area contributed by atoms with Crippen molar-refractivity contribution in [1.29, 1.82) is 0 Å². The molecule has 2 spiro atoms. The van der Waals surface area contributed by atoms with Crippen LogP contribution in [-0.4, -0.2) is 85.4 Å². The van der Waals surface area contributed by atoms with Crippen molar-refractivity contribution in [3.05, 3.63) is 0 Å². The van der Waals surface area contributed by atoms with Gasteiger partial charge in [0.15, 0.2) is 6.10 Å². The molecular formula is C39H67NO6. The number of rotatable bonds is 6. The molecule has 5 aliphatic carbocycles. The predicted molar refractivity (Wildman–Crippen MR) is 180 cm³/mol. The maximum Gasteiger partial charge on any atom is 0.336 e. The number of esters is 1. The zero-order valence-electron chi connectivity index (χ0n) is 30.9. The fraction of sp³-hybridized carbons (Fsp3) is 0.974. The van der Waals surface area contributed by atoms with Crippen molar-refractivity contribution in [3.8, 4) is 0 Å². The van der Waals surface area contributed by atoms with E-state index in [-0.39, 0.29) is 35.8 Å². The third-order valence-corrected chi connectivity index (χ3v) is 15.4. The summed E-state index contributed by atoms with van der Waals surface area (Å²) >= 11 is 0. The Bertz CT molecular complexity index is 1120. The highest BCUT2D eigenvalue weighted by molar-refractivity contribution is 5.75. The number of morpholine rings is 1. The van der Waals surface area contributed by atoms with E-state index in [1.165, 1.54) is 44.9 Å². The van der Waals surface area contributed by atoms with Crippen molar-refractivity contribution in [2.45, 2.75) is 156 Å². The molecule has 46 heavy (non-hydrogen) atoms. The van der Waals surface area contributed by atoms with E-state index in [0.29, 0.717) is 53.8 Å². The molecule has 2 heterocycles. The molecule has 7 aliphatic rings. The second kappa shape index (κ2) is 12.2. The molecule has 13 atom stereocenters. The number of carbonyl (C=O) groups excluding carboxylic acids is 1. The third-order valence-electron chi connectivity index (χ3n) is 15.4. The number of likely N-dealkylation sites (N-methyl/N-ethyl adjacent to an activating group) is 1. The highest BCUT2D eigenvalue weighted by Crippen LogP contribution is 2.89. The molecule has 0 aromatic carbocycles. The first-order valence-electron chi connectivity index (χ1n) is 19.2. The van der Waals surface area contributed by atoms with Crippen LogP contribution in [0, 0.1) is 51.2 Å². The summed E-state index contributed by atoms with van der Waals surface area (Å²) in [7, 11) is 2.05. The van der Waals surface area contributed by atoms with Crippen molar-refractivity contribution in [2.24, 2.45) is 51.2 Å². The molecule has 5 saturated carbocycles. The minimum absolute atomic E-state index is 0.0333. The fourth-order valence-electron chi connectivity index (χ4n) is 13.5. The number of fused-ring (bicyclic) bond motifs is 4. The van der Waals surface area contributed by atoms with Crippen molar-refractivity contribution in [2.75, 3.05) is 33.4 Å². The second-order valence-corrected chi connectivity index (χ2v) is 17.7. The molecule has 7 rings (SSSR count). The molecule has 264 valence electrons. The van der Waals surface area contributed by atoms with E-state index in [1.807, 2.05) is 34.6 Å². The number of aliphatic hydroxyl groups is 1. The maximum absolute atomic E-state index is 13.3. The van der Waals surface area contributed by atoms with Crippen LogP contribution < -0.4 is 0 Å². The minimum atomic E-state index is -0.916. The highest BCUT2D eigenvalue weighted by atomic mass is 16.6. The van der Waals surface area contributed by atoms with Crippen LogP contribution in [0.1, 0.15) is 120 Å². The Morgan fingerprint density at radius 1 is 1.00 bits per heavy atom. The van der Waals surface area contributed by atoms with Gasteiger partial charge in [0, 0.05) is 25.1 Å². The second-order valence-electron chi connectivity index (χ2n) is 17.7. The Morgan fingerprint density at radius 3 is 2.39 bits per heavy atom. The van der Waals surface area contributed by atoms with Gasteiger partial charge >= 0.3 is 5.97 Å². The normalized spacial score (nSPS) is 48.3. The summed E-state index contributed by atoms with van der Waals surface area (Å²) in [5.41, 5.74) is 0.190. The Labute approximate surface area is 280 Å². The summed E-state index contributed by atoms with van der Waals surface area (Å²) < 4.78 is 25.2. The molecule has 0 amide bonds. The van der Waals surface area contributed by atoms with Gasteiger partial charge in [-0.2, -0.15) is 0 Å². The molecule has 7 fully saturated rings. The standard InChI is InChI=1S/C37H61NO6.C2H6/c1-9-41-31(34(5,6)40)26-12-10-24-27(43-26)20-25-23-11-13-29-33(3,4)30(44-32(39)28-21-38(8)18-19-42-28)14-15-37(29)22(2)36(23,37)17-16-35(24,25)7;1-2/h22-31,40H,9-21H2,1-8H3;1-2H3/t22-,23?,24?,25?,26?,27?,28?,29?,30?,31?,35?,36?,37?;/m0./s1. The van der Waals surface area contributed by atoms with Crippen molar-refractivity contribution >= 4 is 5.97 Å². The van der Waals surface area contributed by atoms with Crippen LogP contribution in [-0.2, 0) is 23.7 Å². The largest absolute Gasteiger partial charge is 0.460 e. The van der Waals surface area contributed by atoms with E-state index in [1.54, 1.807) is 0 Å². The average Bonchev–Trinajstić information content (AvgIpc) is 3.39. The topological polar surface area (TPSA) is 77.5 Å². The minimum Gasteiger partial charge on any atom is -0.460 e. The Hall–Kier alpha value is -0.730. The first-order chi connectivity index (χ1) is 21.7. The lowest BCUT2D eigenvalue weighted by Crippen LogP contribution is -2.56. The van der Waals surface area contributed by atoms with Gasteiger partial charge in [0.25, 0.3) is 0 Å². The zero-order chi connectivity index (χ0) is 33.4. The van der Waals surface area contributed by atoms with Gasteiger partial charge in [-0.15, -0.1) is 0 Å². The Balaban J connectivity index is 0.00000182. The van der Waals surface area contributed by atoms with Crippen molar-refractivity contribution in [1.82, 2.24) is 4.90 Å². The molecule has 0 radical (unpaired) electrons.